The molecule has 0 spiro atoms. The van der Waals surface area contributed by atoms with Gasteiger partial charge in [-0.1, -0.05) is 38.5 Å². The lowest BCUT2D eigenvalue weighted by atomic mass is 9.71. The fourth-order valence-electron chi connectivity index (χ4n) is 2.99. The summed E-state index contributed by atoms with van der Waals surface area (Å²) in [6.07, 6.45) is 5.37. The standard InChI is InChI=1S/C17H27N/c1-13-5-9-15(10-6-13)18-16-11-7-14(8-12-16)17(2,3)4/h5-6,9-10,14,16,18H,7-8,11-12H2,1-4H3. The van der Waals surface area contributed by atoms with Gasteiger partial charge in [-0.15, -0.1) is 0 Å². The first kappa shape index (κ1) is 13.5. The molecule has 1 N–H and O–H groups in total. The quantitative estimate of drug-likeness (QED) is 0.772. The number of hydrogen-bond acceptors (Lipinski definition) is 1. The highest BCUT2D eigenvalue weighted by atomic mass is 14.9. The normalized spacial score (nSPS) is 24.9. The topological polar surface area (TPSA) is 12.0 Å². The SMILES string of the molecule is Cc1ccc(NC2CCC(C(C)(C)C)CC2)cc1. The van der Waals surface area contributed by atoms with Crippen LogP contribution < -0.4 is 5.32 Å². The molecule has 1 aromatic carbocycles. The number of hydrogen-bond donors (Lipinski definition) is 1. The molecule has 0 saturated heterocycles. The second-order valence-corrected chi connectivity index (χ2v) is 6.92. The van der Waals surface area contributed by atoms with Crippen molar-refractivity contribution < 1.29 is 0 Å². The van der Waals surface area contributed by atoms with Crippen molar-refractivity contribution in [3.05, 3.63) is 29.8 Å². The van der Waals surface area contributed by atoms with E-state index in [-0.39, 0.29) is 0 Å². The van der Waals surface area contributed by atoms with Crippen molar-refractivity contribution in [2.24, 2.45) is 11.3 Å². The van der Waals surface area contributed by atoms with Crippen molar-refractivity contribution in [3.63, 3.8) is 0 Å². The molecule has 0 heterocycles. The molecule has 0 unspecified atom stereocenters. The summed E-state index contributed by atoms with van der Waals surface area (Å²) in [5.74, 6) is 0.897. The number of benzene rings is 1. The molecule has 2 rings (SSSR count). The minimum atomic E-state index is 0.481. The van der Waals surface area contributed by atoms with Gasteiger partial charge >= 0.3 is 0 Å². The lowest BCUT2D eigenvalue weighted by Gasteiger charge is -2.37. The first-order valence-electron chi connectivity index (χ1n) is 7.28. The van der Waals surface area contributed by atoms with Gasteiger partial charge in [-0.2, -0.15) is 0 Å². The van der Waals surface area contributed by atoms with Gasteiger partial charge in [0.15, 0.2) is 0 Å². The third kappa shape index (κ3) is 3.51. The van der Waals surface area contributed by atoms with E-state index in [1.165, 1.54) is 36.9 Å². The Hall–Kier alpha value is -0.980. The van der Waals surface area contributed by atoms with E-state index in [1.54, 1.807) is 0 Å². The lowest BCUT2D eigenvalue weighted by Crippen LogP contribution is -2.31. The van der Waals surface area contributed by atoms with E-state index in [1.807, 2.05) is 0 Å². The average Bonchev–Trinajstić information content (AvgIpc) is 2.32. The molecule has 0 radical (unpaired) electrons. The molecule has 1 heteroatoms. The summed E-state index contributed by atoms with van der Waals surface area (Å²) in [5, 5.41) is 3.68. The largest absolute Gasteiger partial charge is 0.382 e. The molecular formula is C17H27N. The number of aryl methyl sites for hydroxylation is 1. The first-order chi connectivity index (χ1) is 8.45. The second-order valence-electron chi connectivity index (χ2n) is 6.92. The van der Waals surface area contributed by atoms with E-state index in [4.69, 9.17) is 0 Å². The number of anilines is 1. The third-order valence-electron chi connectivity index (χ3n) is 4.37. The fourth-order valence-corrected chi connectivity index (χ4v) is 2.99. The molecule has 0 bridgehead atoms. The monoisotopic (exact) mass is 245 g/mol. The van der Waals surface area contributed by atoms with E-state index < -0.39 is 0 Å². The molecule has 1 aliphatic carbocycles. The highest BCUT2D eigenvalue weighted by Gasteiger charge is 2.29. The van der Waals surface area contributed by atoms with Crippen molar-refractivity contribution in [2.75, 3.05) is 5.32 Å². The summed E-state index contributed by atoms with van der Waals surface area (Å²) in [4.78, 5) is 0. The van der Waals surface area contributed by atoms with Gasteiger partial charge in [0.2, 0.25) is 0 Å². The maximum absolute atomic E-state index is 3.68. The minimum Gasteiger partial charge on any atom is -0.382 e. The summed E-state index contributed by atoms with van der Waals surface area (Å²) in [5.41, 5.74) is 3.09. The van der Waals surface area contributed by atoms with Crippen LogP contribution in [-0.4, -0.2) is 6.04 Å². The molecule has 1 saturated carbocycles. The van der Waals surface area contributed by atoms with Gasteiger partial charge in [-0.25, -0.2) is 0 Å². The van der Waals surface area contributed by atoms with Crippen LogP contribution in [0.5, 0.6) is 0 Å². The zero-order chi connectivity index (χ0) is 13.2. The van der Waals surface area contributed by atoms with Crippen LogP contribution >= 0.6 is 0 Å². The van der Waals surface area contributed by atoms with Crippen LogP contribution in [0.1, 0.15) is 52.0 Å². The molecule has 18 heavy (non-hydrogen) atoms. The van der Waals surface area contributed by atoms with E-state index in [2.05, 4.69) is 57.3 Å². The van der Waals surface area contributed by atoms with Crippen molar-refractivity contribution in [1.82, 2.24) is 0 Å². The lowest BCUT2D eigenvalue weighted by molar-refractivity contribution is 0.173. The summed E-state index contributed by atoms with van der Waals surface area (Å²) in [7, 11) is 0. The highest BCUT2D eigenvalue weighted by molar-refractivity contribution is 5.45. The predicted octanol–water partition coefficient (Wildman–Crippen LogP) is 5.01. The smallest absolute Gasteiger partial charge is 0.0342 e. The maximum atomic E-state index is 3.68. The molecule has 100 valence electrons. The van der Waals surface area contributed by atoms with Crippen LogP contribution in [-0.2, 0) is 0 Å². The second kappa shape index (κ2) is 5.34. The Labute approximate surface area is 112 Å². The van der Waals surface area contributed by atoms with E-state index in [0.717, 1.165) is 5.92 Å². The Morgan fingerprint density at radius 2 is 1.50 bits per heavy atom. The Balaban J connectivity index is 1.85. The van der Waals surface area contributed by atoms with E-state index in [9.17, 15) is 0 Å². The van der Waals surface area contributed by atoms with E-state index in [0.29, 0.717) is 11.5 Å². The van der Waals surface area contributed by atoms with Crippen LogP contribution in [0.25, 0.3) is 0 Å². The van der Waals surface area contributed by atoms with Crippen LogP contribution in [0.15, 0.2) is 24.3 Å². The van der Waals surface area contributed by atoms with Crippen LogP contribution in [0.4, 0.5) is 5.69 Å². The molecule has 1 fully saturated rings. The van der Waals surface area contributed by atoms with Gasteiger partial charge in [0.25, 0.3) is 0 Å². The Bertz CT molecular complexity index is 364. The Morgan fingerprint density at radius 1 is 0.944 bits per heavy atom. The minimum absolute atomic E-state index is 0.481. The highest BCUT2D eigenvalue weighted by Crippen LogP contribution is 2.38. The molecule has 1 nitrogen and oxygen atoms in total. The predicted molar refractivity (Wildman–Crippen MR) is 80.0 cm³/mol. The van der Waals surface area contributed by atoms with Gasteiger partial charge in [0.1, 0.15) is 0 Å². The van der Waals surface area contributed by atoms with Crippen molar-refractivity contribution in [3.8, 4) is 0 Å². The first-order valence-corrected chi connectivity index (χ1v) is 7.28. The molecule has 0 atom stereocenters. The molecular weight excluding hydrogens is 218 g/mol. The summed E-state index contributed by atoms with van der Waals surface area (Å²) in [6, 6.07) is 9.44. The van der Waals surface area contributed by atoms with Crippen LogP contribution in [0.3, 0.4) is 0 Å². The number of nitrogens with one attached hydrogen (secondary N) is 1. The molecule has 0 aromatic heterocycles. The van der Waals surface area contributed by atoms with Crippen molar-refractivity contribution in [1.29, 1.82) is 0 Å². The maximum Gasteiger partial charge on any atom is 0.0342 e. The van der Waals surface area contributed by atoms with Gasteiger partial charge in [0.05, 0.1) is 0 Å². The Morgan fingerprint density at radius 3 is 2.00 bits per heavy atom. The third-order valence-corrected chi connectivity index (χ3v) is 4.37. The Kier molecular flexibility index (Phi) is 3.99. The molecule has 1 aromatic rings. The molecule has 0 amide bonds. The number of rotatable bonds is 2. The molecule has 0 aliphatic heterocycles. The van der Waals surface area contributed by atoms with Crippen molar-refractivity contribution >= 4 is 5.69 Å². The van der Waals surface area contributed by atoms with Crippen LogP contribution in [0, 0.1) is 18.3 Å². The zero-order valence-corrected chi connectivity index (χ0v) is 12.3. The van der Waals surface area contributed by atoms with Crippen LogP contribution in [0.2, 0.25) is 0 Å². The van der Waals surface area contributed by atoms with Gasteiger partial charge in [-0.05, 0) is 56.1 Å². The summed E-state index contributed by atoms with van der Waals surface area (Å²) < 4.78 is 0. The summed E-state index contributed by atoms with van der Waals surface area (Å²) >= 11 is 0. The van der Waals surface area contributed by atoms with Gasteiger partial charge in [0, 0.05) is 11.7 Å². The van der Waals surface area contributed by atoms with Gasteiger partial charge < -0.3 is 5.32 Å². The molecule has 1 aliphatic rings. The van der Waals surface area contributed by atoms with Crippen molar-refractivity contribution in [2.45, 2.75) is 59.4 Å². The summed E-state index contributed by atoms with van der Waals surface area (Å²) in [6.45, 7) is 9.28. The van der Waals surface area contributed by atoms with Gasteiger partial charge in [-0.3, -0.25) is 0 Å². The fraction of sp³-hybridized carbons (Fsp3) is 0.647. The zero-order valence-electron chi connectivity index (χ0n) is 12.3. The average molecular weight is 245 g/mol. The van der Waals surface area contributed by atoms with E-state index >= 15 is 0 Å².